The third-order valence-corrected chi connectivity index (χ3v) is 9.49. The highest BCUT2D eigenvalue weighted by Crippen LogP contribution is 2.38. The average Bonchev–Trinajstić information content (AvgIpc) is 3.61. The van der Waals surface area contributed by atoms with Crippen LogP contribution in [0, 0.1) is 18.7 Å². The number of hydrogen-bond donors (Lipinski definition) is 3. The van der Waals surface area contributed by atoms with E-state index in [1.54, 1.807) is 13.0 Å². The maximum absolute atomic E-state index is 14.3. The Kier molecular flexibility index (Phi) is 8.53. The van der Waals surface area contributed by atoms with E-state index in [0.717, 1.165) is 23.8 Å². The molecule has 11 nitrogen and oxygen atoms in total. The second-order valence-electron chi connectivity index (χ2n) is 12.4. The highest BCUT2D eigenvalue weighted by atomic mass is 28.3. The van der Waals surface area contributed by atoms with Gasteiger partial charge in [0, 0.05) is 38.5 Å². The first-order chi connectivity index (χ1) is 19.9. The molecule has 2 aliphatic rings. The molecule has 2 fully saturated rings. The molecule has 0 spiro atoms. The second-order valence-corrected chi connectivity index (χ2v) is 18.0. The number of likely N-dealkylation sites (tertiary alicyclic amines) is 1. The topological polar surface area (TPSA) is 139 Å². The monoisotopic (exact) mass is 599 g/mol. The lowest BCUT2D eigenvalue weighted by atomic mass is 10.1. The minimum Gasteiger partial charge on any atom is -0.492 e. The van der Waals surface area contributed by atoms with Crippen LogP contribution >= 0.6 is 0 Å². The van der Waals surface area contributed by atoms with E-state index in [1.165, 1.54) is 18.5 Å². The van der Waals surface area contributed by atoms with Gasteiger partial charge in [0.1, 0.15) is 35.8 Å². The first kappa shape index (κ1) is 29.9. The summed E-state index contributed by atoms with van der Waals surface area (Å²) < 4.78 is 28.3. The number of nitrogens with zero attached hydrogens (tertiary/aromatic N) is 4. The predicted molar refractivity (Wildman–Crippen MR) is 157 cm³/mol. The molecule has 3 N–H and O–H groups in total. The number of amides is 2. The van der Waals surface area contributed by atoms with Crippen LogP contribution in [0.3, 0.4) is 0 Å². The zero-order valence-corrected chi connectivity index (χ0v) is 25.4. The molecule has 2 amide bonds. The van der Waals surface area contributed by atoms with E-state index in [0.29, 0.717) is 52.9 Å². The van der Waals surface area contributed by atoms with Crippen molar-refractivity contribution in [3.05, 3.63) is 41.6 Å². The lowest BCUT2D eigenvalue weighted by Crippen LogP contribution is -2.43. The smallest absolute Gasteiger partial charge is 0.407 e. The van der Waals surface area contributed by atoms with E-state index in [4.69, 9.17) is 9.47 Å². The van der Waals surface area contributed by atoms with Crippen LogP contribution in [0.15, 0.2) is 24.5 Å². The molecule has 5 rings (SSSR count). The quantitative estimate of drug-likeness (QED) is 0.221. The van der Waals surface area contributed by atoms with Crippen molar-refractivity contribution in [3.8, 4) is 17.0 Å². The van der Waals surface area contributed by atoms with Crippen LogP contribution in [0.1, 0.15) is 28.9 Å². The van der Waals surface area contributed by atoms with Gasteiger partial charge in [0.2, 0.25) is 0 Å². The van der Waals surface area contributed by atoms with E-state index in [1.807, 2.05) is 4.57 Å². The Morgan fingerprint density at radius 3 is 2.62 bits per heavy atom. The number of nitrogens with one attached hydrogen (secondary N) is 1. The molecule has 1 saturated carbocycles. The molecular weight excluding hydrogens is 561 g/mol. The zero-order valence-electron chi connectivity index (χ0n) is 24.4. The minimum absolute atomic E-state index is 0.0305. The van der Waals surface area contributed by atoms with Crippen LogP contribution in [-0.2, 0) is 11.5 Å². The fourth-order valence-corrected chi connectivity index (χ4v) is 5.84. The van der Waals surface area contributed by atoms with Gasteiger partial charge in [0.05, 0.1) is 36.4 Å². The Hall–Kier alpha value is -3.55. The summed E-state index contributed by atoms with van der Waals surface area (Å²) in [5.74, 6) is -0.109. The van der Waals surface area contributed by atoms with Crippen molar-refractivity contribution >= 4 is 31.1 Å². The molecule has 0 radical (unpaired) electrons. The summed E-state index contributed by atoms with van der Waals surface area (Å²) >= 11 is 0. The number of aliphatic hydroxyl groups excluding tert-OH is 1. The van der Waals surface area contributed by atoms with E-state index >= 15 is 0 Å². The number of aliphatic hydroxyl groups is 1. The van der Waals surface area contributed by atoms with Crippen molar-refractivity contribution < 1.29 is 33.7 Å². The molecule has 2 aromatic heterocycles. The van der Waals surface area contributed by atoms with Crippen molar-refractivity contribution in [2.75, 3.05) is 26.3 Å². The molecule has 1 saturated heterocycles. The van der Waals surface area contributed by atoms with Gasteiger partial charge >= 0.3 is 6.09 Å². The summed E-state index contributed by atoms with van der Waals surface area (Å²) in [5.41, 5.74) is 2.78. The van der Waals surface area contributed by atoms with Gasteiger partial charge in [-0.1, -0.05) is 19.6 Å². The molecule has 0 bridgehead atoms. The van der Waals surface area contributed by atoms with Crippen LogP contribution in [0.4, 0.5) is 9.18 Å². The van der Waals surface area contributed by atoms with Crippen LogP contribution in [0.25, 0.3) is 22.3 Å². The van der Waals surface area contributed by atoms with Gasteiger partial charge < -0.3 is 34.5 Å². The van der Waals surface area contributed by atoms with Crippen LogP contribution in [0.2, 0.25) is 25.7 Å². The van der Waals surface area contributed by atoms with E-state index in [2.05, 4.69) is 34.9 Å². The molecule has 2 unspecified atom stereocenters. The number of hydrogen-bond acceptors (Lipinski definition) is 7. The first-order valence-corrected chi connectivity index (χ1v) is 17.9. The van der Waals surface area contributed by atoms with E-state index in [-0.39, 0.29) is 25.4 Å². The van der Waals surface area contributed by atoms with Crippen LogP contribution in [0.5, 0.6) is 5.75 Å². The van der Waals surface area contributed by atoms with E-state index in [9.17, 15) is 24.2 Å². The molecule has 3 heterocycles. The van der Waals surface area contributed by atoms with Gasteiger partial charge in [-0.05, 0) is 43.9 Å². The summed E-state index contributed by atoms with van der Waals surface area (Å²) in [5, 5.41) is 22.6. The fraction of sp³-hybridized carbons (Fsp3) is 0.517. The molecule has 226 valence electrons. The lowest BCUT2D eigenvalue weighted by molar-refractivity contribution is 0.0865. The molecule has 1 aliphatic carbocycles. The maximum atomic E-state index is 14.3. The van der Waals surface area contributed by atoms with Crippen LogP contribution in [-0.4, -0.2) is 88.2 Å². The largest absolute Gasteiger partial charge is 0.492 e. The molecule has 3 aromatic rings. The van der Waals surface area contributed by atoms with Crippen molar-refractivity contribution in [1.29, 1.82) is 0 Å². The number of carbonyl (C=O) groups excluding carboxylic acids is 1. The Labute approximate surface area is 244 Å². The normalized spacial score (nSPS) is 19.0. The van der Waals surface area contributed by atoms with Crippen molar-refractivity contribution in [2.24, 2.45) is 5.92 Å². The number of carbonyl (C=O) groups is 2. The SMILES string of the molecule is Cc1c(C(=O)NC2CN(C(=O)O)CC2O)c2ncnc(-c3ccc(F)cc3OCC3CC3)c2n1COCC[Si](C)(C)C. The molecule has 1 aromatic carbocycles. The molecule has 2 atom stereocenters. The average molecular weight is 600 g/mol. The summed E-state index contributed by atoms with van der Waals surface area (Å²) in [7, 11) is -1.35. The lowest BCUT2D eigenvalue weighted by Gasteiger charge is -2.17. The summed E-state index contributed by atoms with van der Waals surface area (Å²) in [6, 6.07) is 4.49. The third-order valence-electron chi connectivity index (χ3n) is 7.79. The number of aromatic nitrogens is 3. The Morgan fingerprint density at radius 2 is 1.95 bits per heavy atom. The highest BCUT2D eigenvalue weighted by Gasteiger charge is 2.36. The second kappa shape index (κ2) is 12.0. The van der Waals surface area contributed by atoms with E-state index < -0.39 is 38.0 Å². The number of β-amino-alcohol motifs (C(OH)–C–C–N with tert-alkyl or cyclic N) is 1. The maximum Gasteiger partial charge on any atom is 0.407 e. The van der Waals surface area contributed by atoms with Crippen LogP contribution < -0.4 is 10.1 Å². The third kappa shape index (κ3) is 6.58. The summed E-state index contributed by atoms with van der Waals surface area (Å²) in [6.07, 6.45) is 1.31. The van der Waals surface area contributed by atoms with Gasteiger partial charge in [-0.2, -0.15) is 0 Å². The standard InChI is InChI=1S/C29H38FN5O6Si/c1-17-24(28(37)33-21-12-34(29(38)39)13-22(21)36)26-27(35(17)16-40-9-10-42(2,3)4)25(31-15-32-26)20-8-7-19(30)11-23(20)41-14-18-5-6-18/h7-8,11,15,18,21-22,36H,5-6,9-10,12-14,16H2,1-4H3,(H,33,37)(H,38,39). The first-order valence-electron chi connectivity index (χ1n) is 14.2. The van der Waals surface area contributed by atoms with Gasteiger partial charge in [-0.25, -0.2) is 19.2 Å². The zero-order chi connectivity index (χ0) is 30.2. The van der Waals surface area contributed by atoms with Crippen molar-refractivity contribution in [2.45, 2.75) is 64.3 Å². The Bertz CT molecular complexity index is 1490. The van der Waals surface area contributed by atoms with Gasteiger partial charge in [-0.15, -0.1) is 0 Å². The van der Waals surface area contributed by atoms with Crippen molar-refractivity contribution in [3.63, 3.8) is 0 Å². The Balaban J connectivity index is 1.55. The van der Waals surface area contributed by atoms with Gasteiger partial charge in [0.15, 0.2) is 0 Å². The summed E-state index contributed by atoms with van der Waals surface area (Å²) in [4.78, 5) is 35.2. The predicted octanol–water partition coefficient (Wildman–Crippen LogP) is 4.10. The molecule has 13 heteroatoms. The molecule has 42 heavy (non-hydrogen) atoms. The van der Waals surface area contributed by atoms with Crippen molar-refractivity contribution in [1.82, 2.24) is 24.8 Å². The number of fused-ring (bicyclic) bond motifs is 1. The molecule has 1 aliphatic heterocycles. The number of ether oxygens (including phenoxy) is 2. The Morgan fingerprint density at radius 1 is 1.19 bits per heavy atom. The highest BCUT2D eigenvalue weighted by molar-refractivity contribution is 6.76. The number of halogens is 1. The summed E-state index contributed by atoms with van der Waals surface area (Å²) in [6.45, 7) is 9.62. The molecular formula is C29H38FN5O6Si. The van der Waals surface area contributed by atoms with Gasteiger partial charge in [0.25, 0.3) is 5.91 Å². The number of benzene rings is 1. The number of rotatable bonds is 11. The number of carboxylic acid groups (broad SMARTS) is 1. The fourth-order valence-electron chi connectivity index (χ4n) is 5.08. The minimum atomic E-state index is -1.35. The van der Waals surface area contributed by atoms with Gasteiger partial charge in [-0.3, -0.25) is 4.79 Å².